The van der Waals surface area contributed by atoms with E-state index in [0.29, 0.717) is 0 Å². The number of amides is 1. The molecule has 1 rings (SSSR count). The van der Waals surface area contributed by atoms with Crippen molar-refractivity contribution in [2.24, 2.45) is 0 Å². The Hall–Kier alpha value is -2.69. The van der Waals surface area contributed by atoms with Crippen molar-refractivity contribution in [3.8, 4) is 0 Å². The summed E-state index contributed by atoms with van der Waals surface area (Å²) in [5.41, 5.74) is 1.84. The lowest BCUT2D eigenvalue weighted by molar-refractivity contribution is -0.117. The van der Waals surface area contributed by atoms with Crippen LogP contribution in [-0.2, 0) is 4.79 Å². The molecule has 0 bridgehead atoms. The lowest BCUT2D eigenvalue weighted by Gasteiger charge is -2.14. The first-order valence-corrected chi connectivity index (χ1v) is 11.0. The van der Waals surface area contributed by atoms with E-state index in [1.807, 2.05) is 38.2 Å². The molecule has 0 aromatic carbocycles. The van der Waals surface area contributed by atoms with Gasteiger partial charge in [0.2, 0.25) is 5.91 Å². The number of rotatable bonds is 4. The molecule has 4 nitrogen and oxygen atoms in total. The number of nitrogens with one attached hydrogen (secondary N) is 1. The van der Waals surface area contributed by atoms with Gasteiger partial charge in [-0.2, -0.15) is 0 Å². The van der Waals surface area contributed by atoms with Gasteiger partial charge in [0.1, 0.15) is 12.2 Å². The summed E-state index contributed by atoms with van der Waals surface area (Å²) in [5, 5.41) is 23.2. The van der Waals surface area contributed by atoms with Gasteiger partial charge in [0.05, 0.1) is 0 Å². The zero-order valence-electron chi connectivity index (χ0n) is 18.9. The Balaban J connectivity index is 3.01. The summed E-state index contributed by atoms with van der Waals surface area (Å²) in [6.45, 7) is 5.96. The minimum atomic E-state index is -1.01. The van der Waals surface area contributed by atoms with Gasteiger partial charge in [-0.25, -0.2) is 0 Å². The molecule has 0 aliphatic carbocycles. The summed E-state index contributed by atoms with van der Waals surface area (Å²) in [6, 6.07) is 0.0292. The molecule has 0 aromatic heterocycles. The molecule has 31 heavy (non-hydrogen) atoms. The van der Waals surface area contributed by atoms with Crippen LogP contribution < -0.4 is 5.32 Å². The second-order valence-electron chi connectivity index (χ2n) is 7.63. The van der Waals surface area contributed by atoms with E-state index in [1.54, 1.807) is 36.5 Å². The van der Waals surface area contributed by atoms with Crippen molar-refractivity contribution in [1.82, 2.24) is 5.32 Å². The van der Waals surface area contributed by atoms with Crippen molar-refractivity contribution < 1.29 is 15.0 Å². The molecule has 1 heterocycles. The molecule has 3 atom stereocenters. The highest BCUT2D eigenvalue weighted by molar-refractivity contribution is 5.88. The first-order valence-electron chi connectivity index (χ1n) is 11.0. The van der Waals surface area contributed by atoms with Crippen LogP contribution >= 0.6 is 0 Å². The number of aliphatic hydroxyl groups is 2. The smallest absolute Gasteiger partial charge is 0.244 e. The van der Waals surface area contributed by atoms with Crippen LogP contribution in [0.1, 0.15) is 46.5 Å². The fraction of sp³-hybridized carbons (Fsp3) is 0.370. The van der Waals surface area contributed by atoms with E-state index in [9.17, 15) is 15.0 Å². The molecule has 0 saturated heterocycles. The van der Waals surface area contributed by atoms with E-state index < -0.39 is 12.2 Å². The van der Waals surface area contributed by atoms with Crippen LogP contribution in [0.25, 0.3) is 0 Å². The Labute approximate surface area is 187 Å². The first-order chi connectivity index (χ1) is 14.9. The van der Waals surface area contributed by atoms with E-state index in [4.69, 9.17) is 0 Å². The fourth-order valence-electron chi connectivity index (χ4n) is 2.80. The van der Waals surface area contributed by atoms with Gasteiger partial charge in [-0.05, 0) is 33.1 Å². The van der Waals surface area contributed by atoms with Crippen molar-refractivity contribution in [3.63, 3.8) is 0 Å². The van der Waals surface area contributed by atoms with Crippen molar-refractivity contribution in [3.05, 3.63) is 96.2 Å². The van der Waals surface area contributed by atoms with Crippen molar-refractivity contribution in [2.75, 3.05) is 0 Å². The normalized spacial score (nSPS) is 32.7. The minimum absolute atomic E-state index is 0.0292. The molecule has 0 radical (unpaired) electrons. The second-order valence-corrected chi connectivity index (χ2v) is 7.63. The Morgan fingerprint density at radius 3 is 2.45 bits per heavy atom. The molecule has 3 unspecified atom stereocenters. The third-order valence-corrected chi connectivity index (χ3v) is 4.58. The van der Waals surface area contributed by atoms with Gasteiger partial charge in [0, 0.05) is 12.1 Å². The summed E-state index contributed by atoms with van der Waals surface area (Å²) >= 11 is 0. The van der Waals surface area contributed by atoms with Crippen LogP contribution in [0, 0.1) is 0 Å². The SMILES string of the molecule is CCC/C=C/CC1C/C=C/C=C(C)/C=C/C=C\C(O)C(O)/C=C(C)/C=C\C=C\C(=O)N1. The molecule has 0 spiro atoms. The molecule has 1 amide bonds. The average molecular weight is 424 g/mol. The van der Waals surface area contributed by atoms with Gasteiger partial charge in [0.25, 0.3) is 0 Å². The predicted molar refractivity (Wildman–Crippen MR) is 130 cm³/mol. The minimum Gasteiger partial charge on any atom is -0.386 e. The predicted octanol–water partition coefficient (Wildman–Crippen LogP) is 5.02. The van der Waals surface area contributed by atoms with Crippen LogP contribution in [-0.4, -0.2) is 34.4 Å². The van der Waals surface area contributed by atoms with Gasteiger partial charge in [-0.3, -0.25) is 4.79 Å². The third-order valence-electron chi connectivity index (χ3n) is 4.58. The quantitative estimate of drug-likeness (QED) is 0.556. The van der Waals surface area contributed by atoms with E-state index in [0.717, 1.165) is 36.8 Å². The highest BCUT2D eigenvalue weighted by atomic mass is 16.3. The molecule has 0 saturated carbocycles. The summed E-state index contributed by atoms with van der Waals surface area (Å²) in [5.74, 6) is -0.141. The maximum atomic E-state index is 12.3. The Morgan fingerprint density at radius 2 is 1.68 bits per heavy atom. The van der Waals surface area contributed by atoms with Gasteiger partial charge in [0.15, 0.2) is 0 Å². The molecular weight excluding hydrogens is 386 g/mol. The summed E-state index contributed by atoms with van der Waals surface area (Å²) < 4.78 is 0. The second kappa shape index (κ2) is 16.1. The van der Waals surface area contributed by atoms with E-state index >= 15 is 0 Å². The van der Waals surface area contributed by atoms with E-state index in [2.05, 4.69) is 30.5 Å². The summed E-state index contributed by atoms with van der Waals surface area (Å²) in [7, 11) is 0. The Bertz CT molecular complexity index is 778. The number of carbonyl (C=O) groups excluding carboxylic acids is 1. The standard InChI is InChI=1S/C27H37NO3/c1-4-5-6-7-17-24-18-11-8-14-22(2)15-9-12-19-25(29)26(30)21-23(3)16-10-13-20-27(31)28-24/h6-16,19-21,24-26,29-30H,4-5,17-18H2,1-3H3,(H,28,31)/b7-6+,11-8+,15-9+,16-10-,19-12-,20-13+,22-14+,23-21+. The largest absolute Gasteiger partial charge is 0.386 e. The molecule has 1 aliphatic heterocycles. The number of hydrogen-bond donors (Lipinski definition) is 3. The summed E-state index contributed by atoms with van der Waals surface area (Å²) in [6.07, 6.45) is 27.3. The molecule has 0 fully saturated rings. The number of unbranched alkanes of at least 4 members (excludes halogenated alkanes) is 1. The monoisotopic (exact) mass is 423 g/mol. The van der Waals surface area contributed by atoms with Gasteiger partial charge in [-0.1, -0.05) is 103 Å². The van der Waals surface area contributed by atoms with Crippen molar-refractivity contribution >= 4 is 5.91 Å². The molecule has 3 N–H and O–H groups in total. The van der Waals surface area contributed by atoms with E-state index in [-0.39, 0.29) is 11.9 Å². The molecule has 1 aliphatic rings. The molecular formula is C27H37NO3. The first kappa shape index (κ1) is 26.3. The van der Waals surface area contributed by atoms with E-state index in [1.165, 1.54) is 6.08 Å². The van der Waals surface area contributed by atoms with Crippen molar-refractivity contribution in [1.29, 1.82) is 0 Å². The van der Waals surface area contributed by atoms with Crippen LogP contribution in [0.2, 0.25) is 0 Å². The van der Waals surface area contributed by atoms with Gasteiger partial charge >= 0.3 is 0 Å². The summed E-state index contributed by atoms with van der Waals surface area (Å²) in [4.78, 5) is 12.3. The molecule has 0 aromatic rings. The highest BCUT2D eigenvalue weighted by Crippen LogP contribution is 2.06. The Morgan fingerprint density at radius 1 is 0.968 bits per heavy atom. The zero-order valence-corrected chi connectivity index (χ0v) is 18.9. The van der Waals surface area contributed by atoms with Crippen molar-refractivity contribution in [2.45, 2.75) is 64.7 Å². The lowest BCUT2D eigenvalue weighted by Crippen LogP contribution is -2.32. The third kappa shape index (κ3) is 13.3. The topological polar surface area (TPSA) is 69.6 Å². The van der Waals surface area contributed by atoms with Crippen LogP contribution in [0.4, 0.5) is 0 Å². The van der Waals surface area contributed by atoms with Crippen LogP contribution in [0.15, 0.2) is 96.2 Å². The fourth-order valence-corrected chi connectivity index (χ4v) is 2.80. The maximum Gasteiger partial charge on any atom is 0.244 e. The Kier molecular flexibility index (Phi) is 13.6. The zero-order chi connectivity index (χ0) is 22.9. The average Bonchev–Trinajstić information content (AvgIpc) is 2.73. The van der Waals surface area contributed by atoms with Gasteiger partial charge in [-0.15, -0.1) is 0 Å². The number of allylic oxidation sites excluding steroid dienone is 11. The van der Waals surface area contributed by atoms with Crippen LogP contribution in [0.3, 0.4) is 0 Å². The molecule has 4 heteroatoms. The number of hydrogen-bond acceptors (Lipinski definition) is 3. The van der Waals surface area contributed by atoms with Crippen LogP contribution in [0.5, 0.6) is 0 Å². The van der Waals surface area contributed by atoms with Gasteiger partial charge < -0.3 is 15.5 Å². The number of aliphatic hydroxyl groups excluding tert-OH is 2. The highest BCUT2D eigenvalue weighted by Gasteiger charge is 2.09. The molecule has 168 valence electrons. The maximum absolute atomic E-state index is 12.3. The lowest BCUT2D eigenvalue weighted by atomic mass is 10.1. The number of carbonyl (C=O) groups is 1.